The Morgan fingerprint density at radius 3 is 2.88 bits per heavy atom. The SMILES string of the molecule is CC(C)C1=Nc2cc(C(=O)CO)ccc2C1. The topological polar surface area (TPSA) is 49.7 Å². The summed E-state index contributed by atoms with van der Waals surface area (Å²) in [5, 5.41) is 8.79. The number of ketones is 1. The van der Waals surface area contributed by atoms with Crippen LogP contribution in [0.1, 0.15) is 29.8 Å². The van der Waals surface area contributed by atoms with Gasteiger partial charge in [-0.25, -0.2) is 0 Å². The molecule has 0 aliphatic carbocycles. The van der Waals surface area contributed by atoms with Gasteiger partial charge in [0.2, 0.25) is 0 Å². The lowest BCUT2D eigenvalue weighted by Crippen LogP contribution is -2.06. The van der Waals surface area contributed by atoms with Gasteiger partial charge in [-0.15, -0.1) is 0 Å². The summed E-state index contributed by atoms with van der Waals surface area (Å²) in [6.45, 7) is 3.79. The normalized spacial score (nSPS) is 13.9. The van der Waals surface area contributed by atoms with Crippen LogP contribution in [-0.2, 0) is 6.42 Å². The minimum Gasteiger partial charge on any atom is -0.388 e. The Labute approximate surface area is 94.8 Å². The van der Waals surface area contributed by atoms with E-state index in [9.17, 15) is 4.79 Å². The summed E-state index contributed by atoms with van der Waals surface area (Å²) < 4.78 is 0. The van der Waals surface area contributed by atoms with E-state index in [1.807, 2.05) is 6.07 Å². The number of nitrogens with zero attached hydrogens (tertiary/aromatic N) is 1. The molecule has 1 aliphatic heterocycles. The molecule has 0 amide bonds. The molecule has 1 aromatic rings. The quantitative estimate of drug-likeness (QED) is 0.788. The first-order valence-corrected chi connectivity index (χ1v) is 5.46. The molecule has 3 heteroatoms. The van der Waals surface area contributed by atoms with Crippen molar-refractivity contribution >= 4 is 17.2 Å². The lowest BCUT2D eigenvalue weighted by Gasteiger charge is -2.01. The summed E-state index contributed by atoms with van der Waals surface area (Å²) in [6.07, 6.45) is 0.876. The molecule has 0 radical (unpaired) electrons. The molecule has 3 nitrogen and oxygen atoms in total. The number of hydrogen-bond donors (Lipinski definition) is 1. The van der Waals surface area contributed by atoms with Gasteiger partial charge in [0.05, 0.1) is 5.69 Å². The number of aliphatic hydroxyl groups excluding tert-OH is 1. The number of carbonyl (C=O) groups is 1. The summed E-state index contributed by atoms with van der Waals surface area (Å²) in [4.78, 5) is 15.8. The summed E-state index contributed by atoms with van der Waals surface area (Å²) in [5.41, 5.74) is 3.74. The minimum absolute atomic E-state index is 0.254. The number of aliphatic imine (C=N–C) groups is 1. The van der Waals surface area contributed by atoms with E-state index >= 15 is 0 Å². The molecule has 0 unspecified atom stereocenters. The maximum Gasteiger partial charge on any atom is 0.188 e. The zero-order valence-corrected chi connectivity index (χ0v) is 9.53. The lowest BCUT2D eigenvalue weighted by molar-refractivity contribution is 0.0904. The van der Waals surface area contributed by atoms with Crippen LogP contribution in [0.25, 0.3) is 0 Å². The number of carbonyl (C=O) groups excluding carboxylic acids is 1. The van der Waals surface area contributed by atoms with Gasteiger partial charge < -0.3 is 5.11 Å². The second-order valence-corrected chi connectivity index (χ2v) is 4.36. The fraction of sp³-hybridized carbons (Fsp3) is 0.385. The summed E-state index contributed by atoms with van der Waals surface area (Å²) in [6, 6.07) is 5.45. The van der Waals surface area contributed by atoms with Crippen LogP contribution in [0.15, 0.2) is 23.2 Å². The molecular weight excluding hydrogens is 202 g/mol. The van der Waals surface area contributed by atoms with Gasteiger partial charge in [-0.1, -0.05) is 26.0 Å². The molecule has 84 valence electrons. The molecule has 1 N–H and O–H groups in total. The Balaban J connectivity index is 2.34. The molecule has 0 bridgehead atoms. The Kier molecular flexibility index (Phi) is 2.88. The third-order valence-electron chi connectivity index (χ3n) is 2.85. The Hall–Kier alpha value is -1.48. The maximum absolute atomic E-state index is 11.3. The number of hydrogen-bond acceptors (Lipinski definition) is 3. The van der Waals surface area contributed by atoms with Gasteiger partial charge in [-0.3, -0.25) is 9.79 Å². The van der Waals surface area contributed by atoms with Crippen LogP contribution >= 0.6 is 0 Å². The van der Waals surface area contributed by atoms with Crippen LogP contribution in [0.2, 0.25) is 0 Å². The maximum atomic E-state index is 11.3. The van der Waals surface area contributed by atoms with Gasteiger partial charge in [0.25, 0.3) is 0 Å². The Bertz CT molecular complexity index is 461. The Morgan fingerprint density at radius 2 is 2.25 bits per heavy atom. The van der Waals surface area contributed by atoms with Crippen molar-refractivity contribution in [3.63, 3.8) is 0 Å². The highest BCUT2D eigenvalue weighted by atomic mass is 16.3. The predicted molar refractivity (Wildman–Crippen MR) is 63.5 cm³/mol. The first kappa shape index (κ1) is 11.0. The second-order valence-electron chi connectivity index (χ2n) is 4.36. The molecule has 0 saturated carbocycles. The standard InChI is InChI=1S/C13H15NO2/c1-8(2)11-5-9-3-4-10(13(16)7-15)6-12(9)14-11/h3-4,6,8,15H,5,7H2,1-2H3. The van der Waals surface area contributed by atoms with Crippen LogP contribution in [0.3, 0.4) is 0 Å². The smallest absolute Gasteiger partial charge is 0.188 e. The number of benzene rings is 1. The van der Waals surface area contributed by atoms with E-state index in [0.29, 0.717) is 11.5 Å². The molecule has 0 aromatic heterocycles. The highest BCUT2D eigenvalue weighted by Crippen LogP contribution is 2.29. The highest BCUT2D eigenvalue weighted by molar-refractivity contribution is 6.00. The molecule has 1 heterocycles. The van der Waals surface area contributed by atoms with E-state index in [4.69, 9.17) is 5.11 Å². The largest absolute Gasteiger partial charge is 0.388 e. The highest BCUT2D eigenvalue weighted by Gasteiger charge is 2.18. The van der Waals surface area contributed by atoms with Crippen molar-refractivity contribution in [1.82, 2.24) is 0 Å². The fourth-order valence-electron chi connectivity index (χ4n) is 1.80. The molecular formula is C13H15NO2. The monoisotopic (exact) mass is 217 g/mol. The molecule has 1 aromatic carbocycles. The predicted octanol–water partition coefficient (Wildman–Crippen LogP) is 2.15. The van der Waals surface area contributed by atoms with E-state index in [0.717, 1.165) is 23.4 Å². The van der Waals surface area contributed by atoms with Crippen LogP contribution in [0.4, 0.5) is 5.69 Å². The third kappa shape index (κ3) is 1.91. The molecule has 16 heavy (non-hydrogen) atoms. The number of fused-ring (bicyclic) bond motifs is 1. The Morgan fingerprint density at radius 1 is 1.50 bits per heavy atom. The number of aliphatic hydroxyl groups is 1. The van der Waals surface area contributed by atoms with E-state index in [1.165, 1.54) is 0 Å². The van der Waals surface area contributed by atoms with E-state index in [-0.39, 0.29) is 5.78 Å². The van der Waals surface area contributed by atoms with Crippen molar-refractivity contribution in [3.05, 3.63) is 29.3 Å². The average Bonchev–Trinajstić information content (AvgIpc) is 2.70. The lowest BCUT2D eigenvalue weighted by atomic mass is 10.0. The molecule has 0 fully saturated rings. The van der Waals surface area contributed by atoms with Crippen molar-refractivity contribution in [1.29, 1.82) is 0 Å². The summed E-state index contributed by atoms with van der Waals surface area (Å²) in [5.74, 6) is 0.181. The van der Waals surface area contributed by atoms with Gasteiger partial charge in [-0.05, 0) is 17.5 Å². The zero-order valence-electron chi connectivity index (χ0n) is 9.53. The van der Waals surface area contributed by atoms with E-state index in [2.05, 4.69) is 18.8 Å². The molecule has 0 spiro atoms. The van der Waals surface area contributed by atoms with Crippen LogP contribution in [0, 0.1) is 5.92 Å². The van der Waals surface area contributed by atoms with Crippen molar-refractivity contribution in [2.45, 2.75) is 20.3 Å². The van der Waals surface area contributed by atoms with Crippen LogP contribution in [-0.4, -0.2) is 23.2 Å². The van der Waals surface area contributed by atoms with Crippen molar-refractivity contribution in [3.8, 4) is 0 Å². The zero-order chi connectivity index (χ0) is 11.7. The van der Waals surface area contributed by atoms with Crippen LogP contribution in [0.5, 0.6) is 0 Å². The van der Waals surface area contributed by atoms with Gasteiger partial charge in [0.15, 0.2) is 5.78 Å². The van der Waals surface area contributed by atoms with E-state index in [1.54, 1.807) is 12.1 Å². The van der Waals surface area contributed by atoms with Gasteiger partial charge in [-0.2, -0.15) is 0 Å². The first-order chi connectivity index (χ1) is 7.61. The minimum atomic E-state index is -0.445. The van der Waals surface area contributed by atoms with Crippen molar-refractivity contribution in [2.75, 3.05) is 6.61 Å². The van der Waals surface area contributed by atoms with Crippen molar-refractivity contribution in [2.24, 2.45) is 10.9 Å². The summed E-state index contributed by atoms with van der Waals surface area (Å²) >= 11 is 0. The van der Waals surface area contributed by atoms with Gasteiger partial charge >= 0.3 is 0 Å². The van der Waals surface area contributed by atoms with Gasteiger partial charge in [0, 0.05) is 17.7 Å². The first-order valence-electron chi connectivity index (χ1n) is 5.46. The number of Topliss-reactive ketones (excluding diaryl/α,β-unsaturated/α-hetero) is 1. The average molecular weight is 217 g/mol. The van der Waals surface area contributed by atoms with Gasteiger partial charge in [0.1, 0.15) is 6.61 Å². The molecule has 0 saturated heterocycles. The molecule has 1 aliphatic rings. The fourth-order valence-corrected chi connectivity index (χ4v) is 1.80. The third-order valence-corrected chi connectivity index (χ3v) is 2.85. The second kappa shape index (κ2) is 4.18. The van der Waals surface area contributed by atoms with E-state index < -0.39 is 6.61 Å². The van der Waals surface area contributed by atoms with Crippen molar-refractivity contribution < 1.29 is 9.90 Å². The van der Waals surface area contributed by atoms with Crippen LogP contribution < -0.4 is 0 Å². The molecule has 0 atom stereocenters. The summed E-state index contributed by atoms with van der Waals surface area (Å²) in [7, 11) is 0. The molecule has 2 rings (SSSR count). The number of rotatable bonds is 3.